The predicted octanol–water partition coefficient (Wildman–Crippen LogP) is 2.25. The highest BCUT2D eigenvalue weighted by molar-refractivity contribution is 5.95. The molecule has 0 aliphatic heterocycles. The van der Waals surface area contributed by atoms with Crippen molar-refractivity contribution < 1.29 is 23.1 Å². The van der Waals surface area contributed by atoms with Crippen LogP contribution in [0.4, 0.5) is 14.5 Å². The van der Waals surface area contributed by atoms with Crippen molar-refractivity contribution in [3.8, 4) is 5.75 Å². The summed E-state index contributed by atoms with van der Waals surface area (Å²) in [5, 5.41) is 0. The number of amides is 2. The summed E-state index contributed by atoms with van der Waals surface area (Å²) in [6.07, 6.45) is -0.0420. The summed E-state index contributed by atoms with van der Waals surface area (Å²) < 4.78 is 31.2. The Morgan fingerprint density at radius 1 is 0.958 bits per heavy atom. The standard InChI is InChI=1S/C17H16F2N2O3/c18-12-1-5-14(6-2-12)21(10-9-16(20)22)17(23)11-24-15-7-3-13(19)4-8-15/h1-8H,9-11H2,(H2,20,22). The summed E-state index contributed by atoms with van der Waals surface area (Å²) in [7, 11) is 0. The van der Waals surface area contributed by atoms with Crippen molar-refractivity contribution in [2.45, 2.75) is 6.42 Å². The fraction of sp³-hybridized carbons (Fsp3) is 0.176. The maximum Gasteiger partial charge on any atom is 0.264 e. The highest BCUT2D eigenvalue weighted by Gasteiger charge is 2.17. The number of hydrogen-bond acceptors (Lipinski definition) is 3. The van der Waals surface area contributed by atoms with Gasteiger partial charge >= 0.3 is 0 Å². The van der Waals surface area contributed by atoms with Gasteiger partial charge in [0.15, 0.2) is 6.61 Å². The van der Waals surface area contributed by atoms with Crippen molar-refractivity contribution in [3.05, 3.63) is 60.2 Å². The molecule has 0 bridgehead atoms. The number of carbonyl (C=O) groups excluding carboxylic acids is 2. The van der Waals surface area contributed by atoms with Gasteiger partial charge in [-0.3, -0.25) is 9.59 Å². The summed E-state index contributed by atoms with van der Waals surface area (Å²) in [5.41, 5.74) is 5.54. The molecule has 0 spiro atoms. The minimum absolute atomic E-state index is 0.0420. The SMILES string of the molecule is NC(=O)CCN(C(=O)COc1ccc(F)cc1)c1ccc(F)cc1. The Morgan fingerprint density at radius 3 is 2.04 bits per heavy atom. The fourth-order valence-electron chi connectivity index (χ4n) is 1.99. The molecule has 0 heterocycles. The number of benzene rings is 2. The molecule has 0 saturated carbocycles. The van der Waals surface area contributed by atoms with E-state index < -0.39 is 23.4 Å². The summed E-state index contributed by atoms with van der Waals surface area (Å²) in [4.78, 5) is 24.6. The molecule has 0 unspecified atom stereocenters. The van der Waals surface area contributed by atoms with Crippen LogP contribution < -0.4 is 15.4 Å². The minimum Gasteiger partial charge on any atom is -0.484 e. The zero-order chi connectivity index (χ0) is 17.5. The molecular formula is C17H16F2N2O3. The highest BCUT2D eigenvalue weighted by atomic mass is 19.1. The largest absolute Gasteiger partial charge is 0.484 e. The predicted molar refractivity (Wildman–Crippen MR) is 84.5 cm³/mol. The summed E-state index contributed by atoms with van der Waals surface area (Å²) in [5.74, 6) is -1.52. The molecule has 0 aliphatic rings. The molecule has 24 heavy (non-hydrogen) atoms. The number of anilines is 1. The van der Waals surface area contributed by atoms with Crippen molar-refractivity contribution in [1.82, 2.24) is 0 Å². The monoisotopic (exact) mass is 334 g/mol. The van der Waals surface area contributed by atoms with E-state index in [0.29, 0.717) is 11.4 Å². The van der Waals surface area contributed by atoms with E-state index in [0.717, 1.165) is 0 Å². The topological polar surface area (TPSA) is 72.6 Å². The molecule has 7 heteroatoms. The molecule has 0 radical (unpaired) electrons. The van der Waals surface area contributed by atoms with E-state index in [1.165, 1.54) is 53.4 Å². The van der Waals surface area contributed by atoms with E-state index >= 15 is 0 Å². The molecular weight excluding hydrogens is 318 g/mol. The third-order valence-electron chi connectivity index (χ3n) is 3.20. The lowest BCUT2D eigenvalue weighted by molar-refractivity contribution is -0.120. The van der Waals surface area contributed by atoms with Crippen LogP contribution >= 0.6 is 0 Å². The number of carbonyl (C=O) groups is 2. The number of hydrogen-bond donors (Lipinski definition) is 1. The van der Waals surface area contributed by atoms with Crippen LogP contribution in [0.2, 0.25) is 0 Å². The minimum atomic E-state index is -0.561. The molecule has 5 nitrogen and oxygen atoms in total. The van der Waals surface area contributed by atoms with Gasteiger partial charge in [0.25, 0.3) is 5.91 Å². The zero-order valence-corrected chi connectivity index (χ0v) is 12.7. The van der Waals surface area contributed by atoms with Crippen LogP contribution in [-0.2, 0) is 9.59 Å². The number of primary amides is 1. The Bertz CT molecular complexity index is 703. The molecule has 0 atom stereocenters. The van der Waals surface area contributed by atoms with Crippen LogP contribution in [-0.4, -0.2) is 25.0 Å². The Labute approximate surface area is 137 Å². The van der Waals surface area contributed by atoms with Crippen LogP contribution in [0.1, 0.15) is 6.42 Å². The highest BCUT2D eigenvalue weighted by Crippen LogP contribution is 2.17. The second-order valence-electron chi connectivity index (χ2n) is 4.98. The first-order valence-corrected chi connectivity index (χ1v) is 7.18. The smallest absolute Gasteiger partial charge is 0.264 e. The number of nitrogens with zero attached hydrogens (tertiary/aromatic N) is 1. The van der Waals surface area contributed by atoms with E-state index in [1.807, 2.05) is 0 Å². The Kier molecular flexibility index (Phi) is 5.83. The second-order valence-corrected chi connectivity index (χ2v) is 4.98. The van der Waals surface area contributed by atoms with Gasteiger partial charge in [-0.15, -0.1) is 0 Å². The van der Waals surface area contributed by atoms with Crippen LogP contribution in [0.25, 0.3) is 0 Å². The average molecular weight is 334 g/mol. The number of rotatable bonds is 7. The average Bonchev–Trinajstić information content (AvgIpc) is 2.56. The molecule has 0 saturated heterocycles. The molecule has 126 valence electrons. The van der Waals surface area contributed by atoms with E-state index in [-0.39, 0.29) is 19.6 Å². The Balaban J connectivity index is 2.07. The molecule has 2 rings (SSSR count). The van der Waals surface area contributed by atoms with Crippen molar-refractivity contribution in [2.75, 3.05) is 18.1 Å². The quantitative estimate of drug-likeness (QED) is 0.844. The lowest BCUT2D eigenvalue weighted by Crippen LogP contribution is -2.37. The maximum atomic E-state index is 13.0. The van der Waals surface area contributed by atoms with E-state index in [4.69, 9.17) is 10.5 Å². The van der Waals surface area contributed by atoms with Gasteiger partial charge < -0.3 is 15.4 Å². The third-order valence-corrected chi connectivity index (χ3v) is 3.20. The van der Waals surface area contributed by atoms with Crippen molar-refractivity contribution in [1.29, 1.82) is 0 Å². The maximum absolute atomic E-state index is 13.0. The Morgan fingerprint density at radius 2 is 1.50 bits per heavy atom. The summed E-state index contributed by atoms with van der Waals surface area (Å²) >= 11 is 0. The number of ether oxygens (including phenoxy) is 1. The lowest BCUT2D eigenvalue weighted by atomic mass is 10.2. The molecule has 0 aromatic heterocycles. The fourth-order valence-corrected chi connectivity index (χ4v) is 1.99. The molecule has 2 aromatic rings. The van der Waals surface area contributed by atoms with Gasteiger partial charge in [-0.1, -0.05) is 0 Å². The van der Waals surface area contributed by atoms with Gasteiger partial charge in [-0.05, 0) is 48.5 Å². The van der Waals surface area contributed by atoms with Gasteiger partial charge in [0.2, 0.25) is 5.91 Å². The van der Waals surface area contributed by atoms with Crippen LogP contribution in [0.5, 0.6) is 5.75 Å². The first kappa shape index (κ1) is 17.4. The molecule has 2 N–H and O–H groups in total. The van der Waals surface area contributed by atoms with Gasteiger partial charge in [-0.25, -0.2) is 8.78 Å². The van der Waals surface area contributed by atoms with E-state index in [9.17, 15) is 18.4 Å². The van der Waals surface area contributed by atoms with Crippen molar-refractivity contribution >= 4 is 17.5 Å². The van der Waals surface area contributed by atoms with E-state index in [1.54, 1.807) is 0 Å². The van der Waals surface area contributed by atoms with Gasteiger partial charge in [0.05, 0.1) is 0 Å². The van der Waals surface area contributed by atoms with Crippen LogP contribution in [0.3, 0.4) is 0 Å². The van der Waals surface area contributed by atoms with Crippen LogP contribution in [0, 0.1) is 11.6 Å². The van der Waals surface area contributed by atoms with Crippen molar-refractivity contribution in [3.63, 3.8) is 0 Å². The molecule has 0 aliphatic carbocycles. The first-order chi connectivity index (χ1) is 11.5. The van der Waals surface area contributed by atoms with Crippen molar-refractivity contribution in [2.24, 2.45) is 5.73 Å². The first-order valence-electron chi connectivity index (χ1n) is 7.18. The zero-order valence-electron chi connectivity index (χ0n) is 12.7. The van der Waals surface area contributed by atoms with Crippen LogP contribution in [0.15, 0.2) is 48.5 Å². The second kappa shape index (κ2) is 8.05. The lowest BCUT2D eigenvalue weighted by Gasteiger charge is -2.22. The molecule has 2 amide bonds. The van der Waals surface area contributed by atoms with E-state index in [2.05, 4.69) is 0 Å². The number of halogens is 2. The molecule has 0 fully saturated rings. The summed E-state index contributed by atoms with van der Waals surface area (Å²) in [6.45, 7) is -0.269. The Hall–Kier alpha value is -2.96. The van der Waals surface area contributed by atoms with Gasteiger partial charge in [0, 0.05) is 18.7 Å². The third kappa shape index (κ3) is 5.05. The van der Waals surface area contributed by atoms with Gasteiger partial charge in [0.1, 0.15) is 17.4 Å². The van der Waals surface area contributed by atoms with Gasteiger partial charge in [-0.2, -0.15) is 0 Å². The molecule has 2 aromatic carbocycles. The normalized spacial score (nSPS) is 10.2. The summed E-state index contributed by atoms with van der Waals surface area (Å²) in [6, 6.07) is 10.5. The number of nitrogens with two attached hydrogens (primary N) is 1.